The number of amides is 2. The normalized spacial score (nSPS) is 11.7. The monoisotopic (exact) mass is 302 g/mol. The molecule has 0 saturated carbocycles. The van der Waals surface area contributed by atoms with E-state index in [1.54, 1.807) is 20.1 Å². The fourth-order valence-electron chi connectivity index (χ4n) is 1.90. The molecule has 0 spiro atoms. The number of benzene rings is 1. The molecule has 0 fully saturated rings. The molecule has 6 nitrogen and oxygen atoms in total. The number of hydrogen-bond acceptors (Lipinski definition) is 4. The molecule has 0 aliphatic heterocycles. The molecule has 22 heavy (non-hydrogen) atoms. The molecule has 2 rings (SSSR count). The van der Waals surface area contributed by atoms with Crippen molar-refractivity contribution in [1.82, 2.24) is 5.32 Å². The molecular weight excluding hydrogens is 284 g/mol. The van der Waals surface area contributed by atoms with Gasteiger partial charge in [0.2, 0.25) is 5.91 Å². The number of anilines is 1. The van der Waals surface area contributed by atoms with E-state index in [4.69, 9.17) is 9.15 Å². The first-order chi connectivity index (χ1) is 10.6. The predicted octanol–water partition coefficient (Wildman–Crippen LogP) is 2.18. The molecule has 0 saturated heterocycles. The van der Waals surface area contributed by atoms with Crippen LogP contribution in [-0.2, 0) is 16.1 Å². The standard InChI is InChI=1S/C16H18N2O4/c1-11(17-16(20)13-6-7-22-10-13)15(19)18-14-5-3-4-12(8-14)9-21-2/h3-8,10-11H,9H2,1-2H3,(H,17,20)(H,18,19). The van der Waals surface area contributed by atoms with E-state index in [0.717, 1.165) is 5.56 Å². The summed E-state index contributed by atoms with van der Waals surface area (Å²) >= 11 is 0. The van der Waals surface area contributed by atoms with Crippen LogP contribution in [0.1, 0.15) is 22.8 Å². The summed E-state index contributed by atoms with van der Waals surface area (Å²) in [5.41, 5.74) is 1.99. The van der Waals surface area contributed by atoms with Crippen molar-refractivity contribution in [2.24, 2.45) is 0 Å². The maximum absolute atomic E-state index is 12.1. The first-order valence-corrected chi connectivity index (χ1v) is 6.82. The number of ether oxygens (including phenoxy) is 1. The summed E-state index contributed by atoms with van der Waals surface area (Å²) in [5.74, 6) is -0.657. The number of rotatable bonds is 6. The lowest BCUT2D eigenvalue weighted by atomic mass is 10.2. The van der Waals surface area contributed by atoms with Crippen LogP contribution in [0.5, 0.6) is 0 Å². The van der Waals surface area contributed by atoms with Crippen LogP contribution in [0.15, 0.2) is 47.3 Å². The maximum atomic E-state index is 12.1. The van der Waals surface area contributed by atoms with E-state index in [-0.39, 0.29) is 11.8 Å². The fourth-order valence-corrected chi connectivity index (χ4v) is 1.90. The Morgan fingerprint density at radius 1 is 1.32 bits per heavy atom. The molecular formula is C16H18N2O4. The molecule has 1 aromatic carbocycles. The van der Waals surface area contributed by atoms with Crippen LogP contribution in [0.3, 0.4) is 0 Å². The summed E-state index contributed by atoms with van der Waals surface area (Å²) < 4.78 is 9.89. The molecule has 2 aromatic rings. The van der Waals surface area contributed by atoms with Crippen molar-refractivity contribution in [2.75, 3.05) is 12.4 Å². The van der Waals surface area contributed by atoms with Crippen LogP contribution < -0.4 is 10.6 Å². The van der Waals surface area contributed by atoms with Crippen molar-refractivity contribution >= 4 is 17.5 Å². The third-order valence-electron chi connectivity index (χ3n) is 3.03. The van der Waals surface area contributed by atoms with Crippen LogP contribution in [-0.4, -0.2) is 25.0 Å². The van der Waals surface area contributed by atoms with Gasteiger partial charge < -0.3 is 19.8 Å². The van der Waals surface area contributed by atoms with Gasteiger partial charge in [0.05, 0.1) is 18.4 Å². The van der Waals surface area contributed by atoms with Crippen LogP contribution in [0.4, 0.5) is 5.69 Å². The minimum Gasteiger partial charge on any atom is -0.472 e. The third kappa shape index (κ3) is 4.20. The zero-order valence-electron chi connectivity index (χ0n) is 12.5. The van der Waals surface area contributed by atoms with Gasteiger partial charge in [0.25, 0.3) is 5.91 Å². The number of methoxy groups -OCH3 is 1. The quantitative estimate of drug-likeness (QED) is 0.857. The molecule has 1 heterocycles. The zero-order chi connectivity index (χ0) is 15.9. The van der Waals surface area contributed by atoms with Gasteiger partial charge in [0.15, 0.2) is 0 Å². The Hall–Kier alpha value is -2.60. The minimum atomic E-state index is -0.673. The van der Waals surface area contributed by atoms with Crippen molar-refractivity contribution < 1.29 is 18.7 Å². The highest BCUT2D eigenvalue weighted by Crippen LogP contribution is 2.12. The molecule has 0 aliphatic rings. The number of hydrogen-bond donors (Lipinski definition) is 2. The lowest BCUT2D eigenvalue weighted by Crippen LogP contribution is -2.41. The van der Waals surface area contributed by atoms with Crippen LogP contribution in [0.25, 0.3) is 0 Å². The topological polar surface area (TPSA) is 80.6 Å². The SMILES string of the molecule is COCc1cccc(NC(=O)C(C)NC(=O)c2ccoc2)c1. The average Bonchev–Trinajstić information content (AvgIpc) is 3.02. The Bertz CT molecular complexity index is 637. The maximum Gasteiger partial charge on any atom is 0.255 e. The number of carbonyl (C=O) groups excluding carboxylic acids is 2. The molecule has 0 radical (unpaired) electrons. The van der Waals surface area contributed by atoms with Gasteiger partial charge in [-0.1, -0.05) is 12.1 Å². The summed E-state index contributed by atoms with van der Waals surface area (Å²) in [5, 5.41) is 5.36. The summed E-state index contributed by atoms with van der Waals surface area (Å²) in [7, 11) is 1.61. The third-order valence-corrected chi connectivity index (χ3v) is 3.03. The van der Waals surface area contributed by atoms with Gasteiger partial charge in [-0.3, -0.25) is 9.59 Å². The second-order valence-corrected chi connectivity index (χ2v) is 4.83. The number of furan rings is 1. The second kappa shape index (κ2) is 7.42. The molecule has 1 atom stereocenters. The molecule has 6 heteroatoms. The molecule has 1 aromatic heterocycles. The zero-order valence-corrected chi connectivity index (χ0v) is 12.5. The van der Waals surface area contributed by atoms with Gasteiger partial charge in [0.1, 0.15) is 12.3 Å². The van der Waals surface area contributed by atoms with E-state index in [1.165, 1.54) is 18.6 Å². The lowest BCUT2D eigenvalue weighted by Gasteiger charge is -2.14. The summed E-state index contributed by atoms with van der Waals surface area (Å²) in [6, 6.07) is 8.21. The van der Waals surface area contributed by atoms with Crippen LogP contribution in [0, 0.1) is 0 Å². The van der Waals surface area contributed by atoms with Crippen LogP contribution in [0.2, 0.25) is 0 Å². The Kier molecular flexibility index (Phi) is 5.32. The van der Waals surface area contributed by atoms with E-state index in [2.05, 4.69) is 10.6 Å². The van der Waals surface area contributed by atoms with Gasteiger partial charge >= 0.3 is 0 Å². The van der Waals surface area contributed by atoms with E-state index in [0.29, 0.717) is 17.9 Å². The van der Waals surface area contributed by atoms with Crippen molar-refractivity contribution in [3.8, 4) is 0 Å². The van der Waals surface area contributed by atoms with E-state index >= 15 is 0 Å². The fraction of sp³-hybridized carbons (Fsp3) is 0.250. The molecule has 116 valence electrons. The predicted molar refractivity (Wildman–Crippen MR) is 81.4 cm³/mol. The van der Waals surface area contributed by atoms with E-state index in [1.807, 2.05) is 18.2 Å². The highest BCUT2D eigenvalue weighted by molar-refractivity contribution is 6.00. The number of carbonyl (C=O) groups is 2. The highest BCUT2D eigenvalue weighted by Gasteiger charge is 2.17. The molecule has 0 aliphatic carbocycles. The summed E-state index contributed by atoms with van der Waals surface area (Å²) in [6.07, 6.45) is 2.73. The van der Waals surface area contributed by atoms with Gasteiger partial charge in [-0.05, 0) is 30.7 Å². The smallest absolute Gasteiger partial charge is 0.255 e. The van der Waals surface area contributed by atoms with Gasteiger partial charge in [0, 0.05) is 12.8 Å². The Labute approximate surface area is 128 Å². The van der Waals surface area contributed by atoms with E-state index in [9.17, 15) is 9.59 Å². The minimum absolute atomic E-state index is 0.300. The van der Waals surface area contributed by atoms with Crippen LogP contribution >= 0.6 is 0 Å². The Balaban J connectivity index is 1.93. The highest BCUT2D eigenvalue weighted by atomic mass is 16.5. The Morgan fingerprint density at radius 2 is 2.14 bits per heavy atom. The summed E-state index contributed by atoms with van der Waals surface area (Å²) in [6.45, 7) is 2.09. The van der Waals surface area contributed by atoms with E-state index < -0.39 is 6.04 Å². The van der Waals surface area contributed by atoms with Crippen molar-refractivity contribution in [3.05, 3.63) is 54.0 Å². The molecule has 1 unspecified atom stereocenters. The Morgan fingerprint density at radius 3 is 2.82 bits per heavy atom. The van der Waals surface area contributed by atoms with Gasteiger partial charge in [-0.25, -0.2) is 0 Å². The molecule has 2 N–H and O–H groups in total. The first kappa shape index (κ1) is 15.8. The molecule has 2 amide bonds. The summed E-state index contributed by atoms with van der Waals surface area (Å²) in [4.78, 5) is 24.0. The average molecular weight is 302 g/mol. The van der Waals surface area contributed by atoms with Crippen molar-refractivity contribution in [2.45, 2.75) is 19.6 Å². The first-order valence-electron chi connectivity index (χ1n) is 6.82. The molecule has 0 bridgehead atoms. The van der Waals surface area contributed by atoms with Gasteiger partial charge in [-0.15, -0.1) is 0 Å². The lowest BCUT2D eigenvalue weighted by molar-refractivity contribution is -0.117. The van der Waals surface area contributed by atoms with Crippen molar-refractivity contribution in [1.29, 1.82) is 0 Å². The van der Waals surface area contributed by atoms with Crippen molar-refractivity contribution in [3.63, 3.8) is 0 Å². The second-order valence-electron chi connectivity index (χ2n) is 4.83. The van der Waals surface area contributed by atoms with Gasteiger partial charge in [-0.2, -0.15) is 0 Å². The number of nitrogens with one attached hydrogen (secondary N) is 2. The largest absolute Gasteiger partial charge is 0.472 e.